The summed E-state index contributed by atoms with van der Waals surface area (Å²) >= 11 is 3.04. The first-order valence-corrected chi connectivity index (χ1v) is 8.19. The van der Waals surface area contributed by atoms with Crippen molar-refractivity contribution in [3.63, 3.8) is 0 Å². The number of rotatable bonds is 6. The van der Waals surface area contributed by atoms with Gasteiger partial charge in [-0.3, -0.25) is 14.9 Å². The molecular weight excluding hydrogens is 392 g/mol. The van der Waals surface area contributed by atoms with Crippen LogP contribution in [0.25, 0.3) is 0 Å². The molecule has 1 amide bonds. The molecule has 0 bridgehead atoms. The lowest BCUT2D eigenvalue weighted by Gasteiger charge is -2.20. The third kappa shape index (κ3) is 4.63. The van der Waals surface area contributed by atoms with E-state index in [4.69, 9.17) is 4.74 Å². The summed E-state index contributed by atoms with van der Waals surface area (Å²) in [6.07, 6.45) is 0. The molecule has 2 rings (SSSR count). The Morgan fingerprint density at radius 3 is 2.48 bits per heavy atom. The predicted octanol–water partition coefficient (Wildman–Crippen LogP) is 3.57. The summed E-state index contributed by atoms with van der Waals surface area (Å²) in [4.78, 5) is 36.1. The minimum atomic E-state index is -0.798. The van der Waals surface area contributed by atoms with Gasteiger partial charge in [-0.15, -0.1) is 0 Å². The van der Waals surface area contributed by atoms with Gasteiger partial charge in [-0.25, -0.2) is 4.79 Å². The maximum atomic E-state index is 12.3. The Labute approximate surface area is 152 Å². The summed E-state index contributed by atoms with van der Waals surface area (Å²) < 4.78 is 5.26. The predicted molar refractivity (Wildman–Crippen MR) is 95.5 cm³/mol. The van der Waals surface area contributed by atoms with Crippen LogP contribution >= 0.6 is 15.9 Å². The van der Waals surface area contributed by atoms with E-state index in [1.54, 1.807) is 24.3 Å². The van der Waals surface area contributed by atoms with E-state index in [0.29, 0.717) is 12.2 Å². The number of carbonyl (C=O) groups is 2. The second kappa shape index (κ2) is 8.39. The van der Waals surface area contributed by atoms with Crippen LogP contribution in [0.2, 0.25) is 0 Å². The molecule has 7 nitrogen and oxygen atoms in total. The highest BCUT2D eigenvalue weighted by molar-refractivity contribution is 9.10. The molecule has 0 spiro atoms. The topological polar surface area (TPSA) is 89.8 Å². The third-order valence-corrected chi connectivity index (χ3v) is 4.06. The molecule has 0 radical (unpaired) electrons. The molecule has 0 aliphatic carbocycles. The monoisotopic (exact) mass is 406 g/mol. The van der Waals surface area contributed by atoms with Crippen molar-refractivity contribution in [2.45, 2.75) is 6.92 Å². The summed E-state index contributed by atoms with van der Waals surface area (Å²) in [7, 11) is 0. The number of halogens is 1. The molecule has 0 unspecified atom stereocenters. The standard InChI is InChI=1S/C17H15BrN2O5/c1-2-19(13-6-4-3-5-7-13)16(21)11-25-17(22)12-8-9-14(18)15(10-12)20(23)24/h3-10H,2,11H2,1H3. The fourth-order valence-electron chi connectivity index (χ4n) is 2.18. The van der Waals surface area contributed by atoms with Gasteiger partial charge in [0.1, 0.15) is 0 Å². The van der Waals surface area contributed by atoms with Gasteiger partial charge < -0.3 is 9.64 Å². The van der Waals surface area contributed by atoms with Gasteiger partial charge in [0.25, 0.3) is 11.6 Å². The Bertz CT molecular complexity index is 795. The lowest BCUT2D eigenvalue weighted by molar-refractivity contribution is -0.385. The Balaban J connectivity index is 2.05. The van der Waals surface area contributed by atoms with Crippen molar-refractivity contribution in [3.8, 4) is 0 Å². The number of esters is 1. The smallest absolute Gasteiger partial charge is 0.338 e. The zero-order valence-corrected chi connectivity index (χ0v) is 14.9. The normalized spacial score (nSPS) is 10.2. The summed E-state index contributed by atoms with van der Waals surface area (Å²) in [5, 5.41) is 10.9. The number of anilines is 1. The number of ether oxygens (including phenoxy) is 1. The van der Waals surface area contributed by atoms with E-state index in [9.17, 15) is 19.7 Å². The van der Waals surface area contributed by atoms with Crippen molar-refractivity contribution in [1.29, 1.82) is 0 Å². The van der Waals surface area contributed by atoms with Crippen LogP contribution in [0.1, 0.15) is 17.3 Å². The molecule has 0 fully saturated rings. The van der Waals surface area contributed by atoms with Crippen molar-refractivity contribution < 1.29 is 19.2 Å². The molecule has 0 aromatic heterocycles. The fourth-order valence-corrected chi connectivity index (χ4v) is 2.57. The SMILES string of the molecule is CCN(C(=O)COC(=O)c1ccc(Br)c([N+](=O)[O-])c1)c1ccccc1. The number of hydrogen-bond donors (Lipinski definition) is 0. The second-order valence-corrected chi connectivity index (χ2v) is 5.83. The highest BCUT2D eigenvalue weighted by Crippen LogP contribution is 2.26. The van der Waals surface area contributed by atoms with E-state index in [1.165, 1.54) is 17.0 Å². The van der Waals surface area contributed by atoms with Crippen LogP contribution in [-0.2, 0) is 9.53 Å². The van der Waals surface area contributed by atoms with E-state index < -0.39 is 17.5 Å². The van der Waals surface area contributed by atoms with Gasteiger partial charge in [0.05, 0.1) is 15.0 Å². The van der Waals surface area contributed by atoms with Crippen LogP contribution in [0, 0.1) is 10.1 Å². The molecule has 25 heavy (non-hydrogen) atoms. The quantitative estimate of drug-likeness (QED) is 0.415. The van der Waals surface area contributed by atoms with E-state index in [-0.39, 0.29) is 21.6 Å². The second-order valence-electron chi connectivity index (χ2n) is 4.97. The third-order valence-electron chi connectivity index (χ3n) is 3.39. The van der Waals surface area contributed by atoms with Crippen LogP contribution < -0.4 is 4.90 Å². The molecule has 0 aliphatic heterocycles. The zero-order chi connectivity index (χ0) is 18.4. The zero-order valence-electron chi connectivity index (χ0n) is 13.3. The minimum Gasteiger partial charge on any atom is -0.452 e. The highest BCUT2D eigenvalue weighted by Gasteiger charge is 2.19. The van der Waals surface area contributed by atoms with Crippen molar-refractivity contribution in [2.75, 3.05) is 18.1 Å². The molecular formula is C17H15BrN2O5. The van der Waals surface area contributed by atoms with Crippen molar-refractivity contribution >= 4 is 39.2 Å². The molecule has 2 aromatic carbocycles. The number of para-hydroxylation sites is 1. The summed E-state index contributed by atoms with van der Waals surface area (Å²) in [5.41, 5.74) is 0.455. The minimum absolute atomic E-state index is 0.00506. The summed E-state index contributed by atoms with van der Waals surface area (Å²) in [6, 6.07) is 12.9. The lowest BCUT2D eigenvalue weighted by Crippen LogP contribution is -2.34. The van der Waals surface area contributed by atoms with Crippen molar-refractivity contribution in [2.24, 2.45) is 0 Å². The Morgan fingerprint density at radius 1 is 1.20 bits per heavy atom. The van der Waals surface area contributed by atoms with E-state index in [2.05, 4.69) is 15.9 Å². The average molecular weight is 407 g/mol. The number of benzene rings is 2. The lowest BCUT2D eigenvalue weighted by atomic mass is 10.2. The first-order chi connectivity index (χ1) is 11.9. The number of nitro benzene ring substituents is 1. The molecule has 0 N–H and O–H groups in total. The molecule has 130 valence electrons. The van der Waals surface area contributed by atoms with Gasteiger partial charge in [0.15, 0.2) is 6.61 Å². The molecule has 0 saturated carbocycles. The maximum Gasteiger partial charge on any atom is 0.338 e. The molecule has 0 saturated heterocycles. The van der Waals surface area contributed by atoms with Gasteiger partial charge in [-0.2, -0.15) is 0 Å². The van der Waals surface area contributed by atoms with Crippen LogP contribution in [0.3, 0.4) is 0 Å². The van der Waals surface area contributed by atoms with Crippen LogP contribution in [-0.4, -0.2) is 30.0 Å². The first kappa shape index (κ1) is 18.6. The average Bonchev–Trinajstić information content (AvgIpc) is 2.61. The summed E-state index contributed by atoms with van der Waals surface area (Å²) in [6.45, 7) is 1.78. The van der Waals surface area contributed by atoms with Crippen LogP contribution in [0.15, 0.2) is 53.0 Å². The van der Waals surface area contributed by atoms with E-state index in [1.807, 2.05) is 13.0 Å². The Morgan fingerprint density at radius 2 is 1.88 bits per heavy atom. The number of nitrogens with zero attached hydrogens (tertiary/aromatic N) is 2. The Hall–Kier alpha value is -2.74. The Kier molecular flexibility index (Phi) is 6.24. The molecule has 8 heteroatoms. The largest absolute Gasteiger partial charge is 0.452 e. The first-order valence-electron chi connectivity index (χ1n) is 7.40. The number of carbonyl (C=O) groups excluding carboxylic acids is 2. The van der Waals surface area contributed by atoms with Gasteiger partial charge in [0, 0.05) is 18.3 Å². The van der Waals surface area contributed by atoms with Crippen LogP contribution in [0.4, 0.5) is 11.4 Å². The number of hydrogen-bond acceptors (Lipinski definition) is 5. The molecule has 2 aromatic rings. The molecule has 0 atom stereocenters. The maximum absolute atomic E-state index is 12.3. The van der Waals surface area contributed by atoms with Crippen LogP contribution in [0.5, 0.6) is 0 Å². The molecule has 0 aliphatic rings. The number of likely N-dealkylation sites (N-methyl/N-ethyl adjacent to an activating group) is 1. The highest BCUT2D eigenvalue weighted by atomic mass is 79.9. The van der Waals surface area contributed by atoms with Crippen molar-refractivity contribution in [1.82, 2.24) is 0 Å². The van der Waals surface area contributed by atoms with Gasteiger partial charge in [0.2, 0.25) is 0 Å². The van der Waals surface area contributed by atoms with Gasteiger partial charge >= 0.3 is 5.97 Å². The fraction of sp³-hybridized carbons (Fsp3) is 0.176. The number of amides is 1. The van der Waals surface area contributed by atoms with E-state index >= 15 is 0 Å². The molecule has 0 heterocycles. The van der Waals surface area contributed by atoms with Gasteiger partial charge in [-0.1, -0.05) is 18.2 Å². The van der Waals surface area contributed by atoms with Gasteiger partial charge in [-0.05, 0) is 47.1 Å². The summed E-state index contributed by atoms with van der Waals surface area (Å²) in [5.74, 6) is -1.18. The van der Waals surface area contributed by atoms with E-state index in [0.717, 1.165) is 6.07 Å². The number of nitro groups is 1. The van der Waals surface area contributed by atoms with Crippen molar-refractivity contribution in [3.05, 3.63) is 68.7 Å².